The maximum Gasteiger partial charge on any atom is 4.00 e. The predicted octanol–water partition coefficient (Wildman–Crippen LogP) is -3.36. The van der Waals surface area contributed by atoms with Crippen molar-refractivity contribution in [3.63, 3.8) is 0 Å². The van der Waals surface area contributed by atoms with E-state index in [0.717, 1.165) is 6.42 Å². The molecule has 0 aliphatic carbocycles. The largest absolute Gasteiger partial charge is 4.00 e. The third-order valence-electron chi connectivity index (χ3n) is 0.556. The van der Waals surface area contributed by atoms with Crippen molar-refractivity contribution in [3.8, 4) is 0 Å². The molecule has 0 amide bonds. The molecule has 0 unspecified atom stereocenters. The molecule has 0 bridgehead atoms. The minimum Gasteiger partial charge on any atom is -1.00 e. The quantitative estimate of drug-likeness (QED) is 0.336. The molecule has 0 radical (unpaired) electrons. The third-order valence-corrected chi connectivity index (χ3v) is 0.556. The van der Waals surface area contributed by atoms with E-state index in [1.165, 1.54) is 0 Å². The van der Waals surface area contributed by atoms with E-state index >= 15 is 0 Å². The molecule has 3 heteroatoms. The summed E-state index contributed by atoms with van der Waals surface area (Å²) in [4.78, 5) is 0. The van der Waals surface area contributed by atoms with Crippen molar-refractivity contribution in [3.05, 3.63) is 37.3 Å². The van der Waals surface area contributed by atoms with Crippen LogP contribution >= 0.6 is 0 Å². The number of rotatable bonds is 0. The molecule has 0 saturated heterocycles. The van der Waals surface area contributed by atoms with Gasteiger partial charge >= 0.3 is 25.8 Å². The standard InChI is InChI=1S/C5H5.C3H7.2ClH.Hf/c1-2-4-5-3-1;1-3-2;;;/h1-5H;1,3H2,2H3;2*1H;/q2*-1;;;+4/p-2. The Morgan fingerprint density at radius 1 is 1.18 bits per heavy atom. The minimum absolute atomic E-state index is 0. The maximum atomic E-state index is 3.49. The van der Waals surface area contributed by atoms with Gasteiger partial charge in [0, 0.05) is 0 Å². The summed E-state index contributed by atoms with van der Waals surface area (Å²) in [5, 5.41) is 0. The van der Waals surface area contributed by atoms with Crippen LogP contribution in [0, 0.1) is 6.92 Å². The van der Waals surface area contributed by atoms with Gasteiger partial charge in [-0.3, -0.25) is 0 Å². The smallest absolute Gasteiger partial charge is 1.00 e. The van der Waals surface area contributed by atoms with Crippen LogP contribution in [0.15, 0.2) is 30.3 Å². The Kier molecular flexibility index (Phi) is 46.1. The molecular formula is C8H12Cl2Hf. The van der Waals surface area contributed by atoms with Crippen LogP contribution in [0.2, 0.25) is 0 Å². The molecule has 11 heavy (non-hydrogen) atoms. The van der Waals surface area contributed by atoms with Crippen LogP contribution in [0.25, 0.3) is 0 Å². The Bertz CT molecular complexity index is 79.0. The Labute approximate surface area is 101 Å². The van der Waals surface area contributed by atoms with Gasteiger partial charge in [-0.15, -0.1) is 0 Å². The summed E-state index contributed by atoms with van der Waals surface area (Å²) in [7, 11) is 0. The van der Waals surface area contributed by atoms with Gasteiger partial charge in [0.15, 0.2) is 0 Å². The van der Waals surface area contributed by atoms with E-state index in [-0.39, 0.29) is 50.7 Å². The van der Waals surface area contributed by atoms with Crippen LogP contribution in [-0.4, -0.2) is 0 Å². The number of hydrogen-bond acceptors (Lipinski definition) is 0. The minimum atomic E-state index is 0. The second-order valence-electron chi connectivity index (χ2n) is 1.46. The van der Waals surface area contributed by atoms with Gasteiger partial charge in [-0.05, 0) is 0 Å². The predicted molar refractivity (Wildman–Crippen MR) is 37.7 cm³/mol. The first-order valence-electron chi connectivity index (χ1n) is 2.87. The summed E-state index contributed by atoms with van der Waals surface area (Å²) in [6, 6.07) is 10.0. The summed E-state index contributed by atoms with van der Waals surface area (Å²) in [5.74, 6) is 0. The topological polar surface area (TPSA) is 0 Å². The van der Waals surface area contributed by atoms with Crippen molar-refractivity contribution in [1.29, 1.82) is 0 Å². The van der Waals surface area contributed by atoms with Crippen LogP contribution in [0.4, 0.5) is 0 Å². The van der Waals surface area contributed by atoms with E-state index in [9.17, 15) is 0 Å². The fourth-order valence-electron chi connectivity index (χ4n) is 0.321. The van der Waals surface area contributed by atoms with Crippen molar-refractivity contribution < 1.29 is 50.7 Å². The summed E-state index contributed by atoms with van der Waals surface area (Å²) >= 11 is 0. The Morgan fingerprint density at radius 3 is 1.55 bits per heavy atom. The summed E-state index contributed by atoms with van der Waals surface area (Å²) in [6.45, 7) is 5.50. The Morgan fingerprint density at radius 2 is 1.45 bits per heavy atom. The first-order valence-corrected chi connectivity index (χ1v) is 2.87. The molecule has 0 aromatic heterocycles. The molecule has 0 saturated carbocycles. The molecule has 62 valence electrons. The average Bonchev–Trinajstić information content (AvgIpc) is 2.17. The van der Waals surface area contributed by atoms with Gasteiger partial charge < -0.3 is 31.7 Å². The Balaban J connectivity index is -0.0000000379. The van der Waals surface area contributed by atoms with E-state index in [4.69, 9.17) is 0 Å². The van der Waals surface area contributed by atoms with Crippen LogP contribution in [-0.2, 0) is 25.8 Å². The van der Waals surface area contributed by atoms with Crippen LogP contribution in [0.1, 0.15) is 13.3 Å². The van der Waals surface area contributed by atoms with E-state index in [1.54, 1.807) is 0 Å². The second kappa shape index (κ2) is 22.4. The molecule has 0 aliphatic heterocycles. The van der Waals surface area contributed by atoms with E-state index in [2.05, 4.69) is 6.92 Å². The van der Waals surface area contributed by atoms with Gasteiger partial charge in [0.05, 0.1) is 0 Å². The zero-order valence-corrected chi connectivity index (χ0v) is 11.7. The SMILES string of the molecule is [CH2-]CC.[Cl-].[Cl-].[Hf+4].c1cc[cH-]c1. The van der Waals surface area contributed by atoms with Gasteiger partial charge in [0.2, 0.25) is 0 Å². The summed E-state index contributed by atoms with van der Waals surface area (Å²) < 4.78 is 0. The molecule has 0 fully saturated rings. The third kappa shape index (κ3) is 24.9. The van der Waals surface area contributed by atoms with Gasteiger partial charge in [-0.25, -0.2) is 12.1 Å². The number of hydrogen-bond donors (Lipinski definition) is 0. The average molecular weight is 358 g/mol. The molecule has 0 nitrogen and oxygen atoms in total. The molecule has 1 rings (SSSR count). The van der Waals surface area contributed by atoms with Crippen molar-refractivity contribution >= 4 is 0 Å². The van der Waals surface area contributed by atoms with Gasteiger partial charge in [0.1, 0.15) is 0 Å². The van der Waals surface area contributed by atoms with E-state index in [1.807, 2.05) is 37.3 Å². The molecule has 0 spiro atoms. The molecular weight excluding hydrogens is 345 g/mol. The summed E-state index contributed by atoms with van der Waals surface area (Å²) in [5.41, 5.74) is 0. The van der Waals surface area contributed by atoms with Gasteiger partial charge in [0.25, 0.3) is 0 Å². The molecule has 0 atom stereocenters. The van der Waals surface area contributed by atoms with Crippen molar-refractivity contribution in [2.75, 3.05) is 0 Å². The van der Waals surface area contributed by atoms with E-state index in [0.29, 0.717) is 0 Å². The fourth-order valence-corrected chi connectivity index (χ4v) is 0.321. The first-order chi connectivity index (χ1) is 3.91. The molecule has 0 heterocycles. The van der Waals surface area contributed by atoms with Crippen molar-refractivity contribution in [2.24, 2.45) is 0 Å². The Hall–Kier alpha value is 0.800. The first kappa shape index (κ1) is 22.6. The zero-order chi connectivity index (χ0) is 6.24. The molecule has 1 aromatic rings. The van der Waals surface area contributed by atoms with E-state index < -0.39 is 0 Å². The second-order valence-corrected chi connectivity index (χ2v) is 1.46. The fraction of sp³-hybridized carbons (Fsp3) is 0.250. The van der Waals surface area contributed by atoms with Crippen LogP contribution in [0.3, 0.4) is 0 Å². The maximum absolute atomic E-state index is 3.49. The number of halogens is 2. The summed E-state index contributed by atoms with van der Waals surface area (Å²) in [6.07, 6.45) is 1.00. The zero-order valence-electron chi connectivity index (χ0n) is 6.56. The molecule has 1 aromatic carbocycles. The van der Waals surface area contributed by atoms with Crippen molar-refractivity contribution in [1.82, 2.24) is 0 Å². The molecule has 0 aliphatic rings. The normalized spacial score (nSPS) is 5.27. The van der Waals surface area contributed by atoms with Gasteiger partial charge in [-0.1, -0.05) is 6.92 Å². The van der Waals surface area contributed by atoms with Crippen LogP contribution in [0.5, 0.6) is 0 Å². The van der Waals surface area contributed by atoms with Gasteiger partial charge in [-0.2, -0.15) is 24.6 Å². The van der Waals surface area contributed by atoms with Crippen molar-refractivity contribution in [2.45, 2.75) is 13.3 Å². The molecule has 0 N–H and O–H groups in total. The monoisotopic (exact) mass is 358 g/mol. The van der Waals surface area contributed by atoms with Crippen LogP contribution < -0.4 is 24.8 Å².